The maximum atomic E-state index is 4.64. The van der Waals surface area contributed by atoms with Crippen molar-refractivity contribution in [3.8, 4) is 0 Å². The fourth-order valence-electron chi connectivity index (χ4n) is 2.11. The first kappa shape index (κ1) is 13.2. The van der Waals surface area contributed by atoms with Gasteiger partial charge in [-0.05, 0) is 45.0 Å². The van der Waals surface area contributed by atoms with Crippen LogP contribution >= 0.6 is 0 Å². The van der Waals surface area contributed by atoms with E-state index in [0.717, 1.165) is 18.8 Å². The summed E-state index contributed by atoms with van der Waals surface area (Å²) in [4.78, 5) is 4.64. The van der Waals surface area contributed by atoms with Crippen molar-refractivity contribution in [2.75, 3.05) is 13.1 Å². The lowest BCUT2D eigenvalue weighted by Gasteiger charge is -2.33. The van der Waals surface area contributed by atoms with Crippen LogP contribution in [0, 0.1) is 6.92 Å². The van der Waals surface area contributed by atoms with Gasteiger partial charge in [-0.2, -0.15) is 0 Å². The second kappa shape index (κ2) is 6.00. The summed E-state index contributed by atoms with van der Waals surface area (Å²) in [6.45, 7) is 10.6. The van der Waals surface area contributed by atoms with E-state index >= 15 is 0 Å². The molecule has 1 fully saturated rings. The predicted molar refractivity (Wildman–Crippen MR) is 69.8 cm³/mol. The Morgan fingerprint density at radius 1 is 1.19 bits per heavy atom. The Balaban J connectivity index is 0.000000606. The molecule has 0 amide bonds. The van der Waals surface area contributed by atoms with Gasteiger partial charge in [0.2, 0.25) is 0 Å². The van der Waals surface area contributed by atoms with Crippen LogP contribution in [0.2, 0.25) is 0 Å². The molecule has 0 aliphatic carbocycles. The molecule has 90 valence electrons. The summed E-state index contributed by atoms with van der Waals surface area (Å²) < 4.78 is 0. The van der Waals surface area contributed by atoms with Gasteiger partial charge in [0.15, 0.2) is 0 Å². The van der Waals surface area contributed by atoms with E-state index in [4.69, 9.17) is 0 Å². The summed E-state index contributed by atoms with van der Waals surface area (Å²) in [7, 11) is 0. The van der Waals surface area contributed by atoms with Crippen LogP contribution in [0.15, 0.2) is 18.2 Å². The third-order valence-electron chi connectivity index (χ3n) is 3.21. The molecule has 0 atom stereocenters. The number of rotatable bonds is 1. The van der Waals surface area contributed by atoms with Gasteiger partial charge in [0, 0.05) is 16.8 Å². The van der Waals surface area contributed by atoms with Crippen LogP contribution in [0.5, 0.6) is 0 Å². The minimum atomic E-state index is 0.289. The smallest absolute Gasteiger partial charge is 0.0466 e. The highest BCUT2D eigenvalue weighted by atomic mass is 14.9. The number of hydrogen-bond acceptors (Lipinski definition) is 2. The van der Waals surface area contributed by atoms with Crippen molar-refractivity contribution in [2.45, 2.75) is 46.0 Å². The van der Waals surface area contributed by atoms with Crippen molar-refractivity contribution in [3.05, 3.63) is 29.6 Å². The van der Waals surface area contributed by atoms with Crippen molar-refractivity contribution in [1.82, 2.24) is 10.3 Å². The first-order chi connectivity index (χ1) is 7.71. The molecule has 1 aliphatic rings. The van der Waals surface area contributed by atoms with E-state index < -0.39 is 0 Å². The first-order valence-corrected chi connectivity index (χ1v) is 6.36. The standard InChI is InChI=1S/C12H18N2.C2H6/c1-10-4-3-5-11(14-10)12(2)6-8-13-9-7-12;1-2/h3-5,13H,6-9H2,1-2H3;1-2H3. The van der Waals surface area contributed by atoms with Crippen LogP contribution in [0.4, 0.5) is 0 Å². The Kier molecular flexibility index (Phi) is 4.94. The Labute approximate surface area is 99.5 Å². The number of nitrogens with zero attached hydrogens (tertiary/aromatic N) is 1. The topological polar surface area (TPSA) is 24.9 Å². The molecular weight excluding hydrogens is 196 g/mol. The van der Waals surface area contributed by atoms with Gasteiger partial charge in [-0.25, -0.2) is 0 Å². The number of aryl methyl sites for hydroxylation is 1. The molecule has 1 saturated heterocycles. The third-order valence-corrected chi connectivity index (χ3v) is 3.21. The maximum Gasteiger partial charge on any atom is 0.0466 e. The molecule has 1 aromatic rings. The Morgan fingerprint density at radius 3 is 2.38 bits per heavy atom. The van der Waals surface area contributed by atoms with E-state index in [0.29, 0.717) is 0 Å². The molecule has 2 rings (SSSR count). The van der Waals surface area contributed by atoms with Crippen LogP contribution in [0.1, 0.15) is 45.0 Å². The fourth-order valence-corrected chi connectivity index (χ4v) is 2.11. The number of nitrogens with one attached hydrogen (secondary N) is 1. The van der Waals surface area contributed by atoms with Crippen molar-refractivity contribution in [2.24, 2.45) is 0 Å². The molecular formula is C14H24N2. The normalized spacial score (nSPS) is 18.5. The van der Waals surface area contributed by atoms with E-state index in [2.05, 4.69) is 42.3 Å². The summed E-state index contributed by atoms with van der Waals surface area (Å²) in [5.41, 5.74) is 2.68. The fraction of sp³-hybridized carbons (Fsp3) is 0.643. The second-order valence-electron chi connectivity index (χ2n) is 4.47. The molecule has 2 heterocycles. The Morgan fingerprint density at radius 2 is 1.81 bits per heavy atom. The van der Waals surface area contributed by atoms with E-state index in [9.17, 15) is 0 Å². The molecule has 16 heavy (non-hydrogen) atoms. The number of hydrogen-bond donors (Lipinski definition) is 1. The predicted octanol–water partition coefficient (Wildman–Crippen LogP) is 3.06. The van der Waals surface area contributed by atoms with Gasteiger partial charge < -0.3 is 5.32 Å². The molecule has 0 bridgehead atoms. The second-order valence-corrected chi connectivity index (χ2v) is 4.47. The van der Waals surface area contributed by atoms with Crippen LogP contribution in [0.3, 0.4) is 0 Å². The lowest BCUT2D eigenvalue weighted by Crippen LogP contribution is -2.38. The molecule has 2 nitrogen and oxygen atoms in total. The zero-order chi connectivity index (χ0) is 12.0. The van der Waals surface area contributed by atoms with Crippen molar-refractivity contribution < 1.29 is 0 Å². The summed E-state index contributed by atoms with van der Waals surface area (Å²) in [5, 5.41) is 3.40. The summed E-state index contributed by atoms with van der Waals surface area (Å²) in [6, 6.07) is 6.34. The average Bonchev–Trinajstić information content (AvgIpc) is 2.33. The minimum absolute atomic E-state index is 0.289. The third kappa shape index (κ3) is 3.05. The minimum Gasteiger partial charge on any atom is -0.317 e. The van der Waals surface area contributed by atoms with Crippen LogP contribution < -0.4 is 5.32 Å². The molecule has 1 N–H and O–H groups in total. The first-order valence-electron chi connectivity index (χ1n) is 6.36. The lowest BCUT2D eigenvalue weighted by molar-refractivity contribution is 0.327. The summed E-state index contributed by atoms with van der Waals surface area (Å²) >= 11 is 0. The molecule has 1 aromatic heterocycles. The largest absolute Gasteiger partial charge is 0.317 e. The summed E-state index contributed by atoms with van der Waals surface area (Å²) in [5.74, 6) is 0. The Bertz CT molecular complexity index is 314. The van der Waals surface area contributed by atoms with Gasteiger partial charge >= 0.3 is 0 Å². The molecule has 0 saturated carbocycles. The zero-order valence-corrected chi connectivity index (χ0v) is 11.0. The van der Waals surface area contributed by atoms with Gasteiger partial charge in [0.1, 0.15) is 0 Å². The molecule has 1 aliphatic heterocycles. The lowest BCUT2D eigenvalue weighted by atomic mass is 9.78. The quantitative estimate of drug-likeness (QED) is 0.787. The van der Waals surface area contributed by atoms with E-state index in [-0.39, 0.29) is 5.41 Å². The number of pyridine rings is 1. The average molecular weight is 220 g/mol. The highest BCUT2D eigenvalue weighted by Crippen LogP contribution is 2.31. The molecule has 0 spiro atoms. The summed E-state index contributed by atoms with van der Waals surface area (Å²) in [6.07, 6.45) is 2.40. The number of piperidine rings is 1. The van der Waals surface area contributed by atoms with Gasteiger partial charge in [-0.1, -0.05) is 26.8 Å². The molecule has 2 heteroatoms. The molecule has 0 unspecified atom stereocenters. The highest BCUT2D eigenvalue weighted by Gasteiger charge is 2.29. The van der Waals surface area contributed by atoms with Crippen LogP contribution in [0.25, 0.3) is 0 Å². The van der Waals surface area contributed by atoms with Crippen molar-refractivity contribution in [3.63, 3.8) is 0 Å². The van der Waals surface area contributed by atoms with E-state index in [1.165, 1.54) is 18.5 Å². The van der Waals surface area contributed by atoms with Crippen LogP contribution in [-0.4, -0.2) is 18.1 Å². The molecule has 0 aromatic carbocycles. The molecule has 0 radical (unpaired) electrons. The van der Waals surface area contributed by atoms with Gasteiger partial charge in [0.05, 0.1) is 0 Å². The van der Waals surface area contributed by atoms with Gasteiger partial charge in [0.25, 0.3) is 0 Å². The zero-order valence-electron chi connectivity index (χ0n) is 11.0. The van der Waals surface area contributed by atoms with Gasteiger partial charge in [-0.15, -0.1) is 0 Å². The SMILES string of the molecule is CC.Cc1cccc(C2(C)CCNCC2)n1. The monoisotopic (exact) mass is 220 g/mol. The van der Waals surface area contributed by atoms with Crippen LogP contribution in [-0.2, 0) is 5.41 Å². The maximum absolute atomic E-state index is 4.64. The number of aromatic nitrogens is 1. The van der Waals surface area contributed by atoms with Crippen molar-refractivity contribution in [1.29, 1.82) is 0 Å². The Hall–Kier alpha value is -0.890. The van der Waals surface area contributed by atoms with E-state index in [1.54, 1.807) is 0 Å². The highest BCUT2D eigenvalue weighted by molar-refractivity contribution is 5.19. The van der Waals surface area contributed by atoms with Crippen molar-refractivity contribution >= 4 is 0 Å². The van der Waals surface area contributed by atoms with E-state index in [1.807, 2.05) is 13.8 Å². The van der Waals surface area contributed by atoms with Gasteiger partial charge in [-0.3, -0.25) is 4.98 Å².